The lowest BCUT2D eigenvalue weighted by Gasteiger charge is -1.93. The summed E-state index contributed by atoms with van der Waals surface area (Å²) in [6, 6.07) is 27.2. The van der Waals surface area contributed by atoms with Gasteiger partial charge in [-0.1, -0.05) is 99.6 Å². The minimum Gasteiger partial charge on any atom is -0.385 e. The van der Waals surface area contributed by atoms with Crippen molar-refractivity contribution < 1.29 is 4.74 Å². The van der Waals surface area contributed by atoms with Crippen molar-refractivity contribution in [2.45, 2.75) is 33.4 Å². The number of hydrogen-bond donors (Lipinski definition) is 0. The maximum atomic E-state index is 4.54. The van der Waals surface area contributed by atoms with Crippen molar-refractivity contribution in [3.63, 3.8) is 0 Å². The quantitative estimate of drug-likeness (QED) is 0.409. The highest BCUT2D eigenvalue weighted by Crippen LogP contribution is 2.11. The molecule has 0 fully saturated rings. The number of rotatable bonds is 4. The molecule has 3 aromatic rings. The molecule has 0 unspecified atom stereocenters. The van der Waals surface area contributed by atoms with Crippen molar-refractivity contribution in [1.82, 2.24) is 0 Å². The summed E-state index contributed by atoms with van der Waals surface area (Å²) in [5, 5.41) is 2.62. The lowest BCUT2D eigenvalue weighted by atomic mass is 10.1. The van der Waals surface area contributed by atoms with E-state index < -0.39 is 0 Å². The van der Waals surface area contributed by atoms with Crippen LogP contribution in [-0.2, 0) is 10.5 Å². The monoisotopic (exact) mass is 432 g/mol. The third kappa shape index (κ3) is 18.4. The largest absolute Gasteiger partial charge is 0.385 e. The molecule has 0 aliphatic heterocycles. The van der Waals surface area contributed by atoms with Gasteiger partial charge in [0.2, 0.25) is 0 Å². The first-order valence-electron chi connectivity index (χ1n) is 10.2. The van der Waals surface area contributed by atoms with E-state index in [1.54, 1.807) is 7.11 Å². The van der Waals surface area contributed by atoms with Gasteiger partial charge in [0.15, 0.2) is 0 Å². The summed E-state index contributed by atoms with van der Waals surface area (Å²) in [6.07, 6.45) is 4.22. The smallest absolute Gasteiger partial charge is 0.0433 e. The second-order valence-corrected chi connectivity index (χ2v) is 7.44. The van der Waals surface area contributed by atoms with Crippen LogP contribution in [0.5, 0.6) is 0 Å². The van der Waals surface area contributed by atoms with Crippen molar-refractivity contribution in [2.24, 2.45) is 0 Å². The van der Waals surface area contributed by atoms with E-state index in [0.29, 0.717) is 0 Å². The van der Waals surface area contributed by atoms with Crippen LogP contribution in [0.25, 0.3) is 10.8 Å². The Hall–Kier alpha value is -1.42. The molecule has 0 bridgehead atoms. The molecule has 162 valence electrons. The van der Waals surface area contributed by atoms with Gasteiger partial charge in [-0.25, -0.2) is 0 Å². The third-order valence-corrected chi connectivity index (χ3v) is 4.59. The van der Waals surface area contributed by atoms with E-state index >= 15 is 0 Å². The molecule has 0 saturated heterocycles. The molecule has 0 aliphatic rings. The lowest BCUT2D eigenvalue weighted by molar-refractivity contribution is 0.215. The van der Waals surface area contributed by atoms with Crippen LogP contribution in [0.1, 0.15) is 33.3 Å². The SMILES string of the molecule is CC.CCOC.CCSC.CSCc1ccccc1.c1ccc2ccccc2c1. The third-order valence-electron chi connectivity index (χ3n) is 3.39. The zero-order valence-electron chi connectivity index (χ0n) is 19.4. The Balaban J connectivity index is 0. The fourth-order valence-electron chi connectivity index (χ4n) is 1.87. The Morgan fingerprint density at radius 1 is 0.655 bits per heavy atom. The zero-order chi connectivity index (χ0) is 22.2. The summed E-state index contributed by atoms with van der Waals surface area (Å²) in [6.45, 7) is 8.92. The molecule has 0 N–H and O–H groups in total. The first-order valence-corrected chi connectivity index (χ1v) is 13.0. The van der Waals surface area contributed by atoms with E-state index in [2.05, 4.69) is 97.0 Å². The minimum atomic E-state index is 0.819. The Bertz CT molecular complexity index is 598. The first kappa shape index (κ1) is 29.8. The van der Waals surface area contributed by atoms with Gasteiger partial charge >= 0.3 is 0 Å². The lowest BCUT2D eigenvalue weighted by Crippen LogP contribution is -1.74. The molecule has 0 radical (unpaired) electrons. The predicted octanol–water partition coefficient (Wildman–Crippen LogP) is 8.44. The molecule has 3 rings (SSSR count). The maximum Gasteiger partial charge on any atom is 0.0433 e. The van der Waals surface area contributed by atoms with Crippen LogP contribution in [0.4, 0.5) is 0 Å². The average molecular weight is 433 g/mol. The summed E-state index contributed by atoms with van der Waals surface area (Å²) in [7, 11) is 1.68. The summed E-state index contributed by atoms with van der Waals surface area (Å²) >= 11 is 3.71. The van der Waals surface area contributed by atoms with Gasteiger partial charge < -0.3 is 4.74 Å². The van der Waals surface area contributed by atoms with Gasteiger partial charge in [-0.05, 0) is 41.5 Å². The Morgan fingerprint density at radius 3 is 1.28 bits per heavy atom. The van der Waals surface area contributed by atoms with Crippen molar-refractivity contribution in [2.75, 3.05) is 32.0 Å². The minimum absolute atomic E-state index is 0.819. The topological polar surface area (TPSA) is 9.23 Å². The van der Waals surface area contributed by atoms with Gasteiger partial charge in [0.25, 0.3) is 0 Å². The van der Waals surface area contributed by atoms with Gasteiger partial charge in [0.1, 0.15) is 0 Å². The summed E-state index contributed by atoms with van der Waals surface area (Å²) in [4.78, 5) is 0. The Kier molecular flexibility index (Phi) is 25.3. The molecule has 0 aliphatic carbocycles. The summed E-state index contributed by atoms with van der Waals surface area (Å²) < 4.78 is 4.54. The number of fused-ring (bicyclic) bond motifs is 1. The highest BCUT2D eigenvalue weighted by molar-refractivity contribution is 7.98. The highest BCUT2D eigenvalue weighted by atomic mass is 32.2. The van der Waals surface area contributed by atoms with Crippen molar-refractivity contribution in [3.8, 4) is 0 Å². The molecule has 3 heteroatoms. The molecular formula is C26H40OS2. The van der Waals surface area contributed by atoms with E-state index in [4.69, 9.17) is 0 Å². The fourth-order valence-corrected chi connectivity index (χ4v) is 2.40. The number of benzene rings is 3. The standard InChI is InChI=1S/C10H8.C8H10S.C3H8O.C3H8S.C2H6/c1-2-6-10-8-4-3-7-9(10)5-1;1-9-7-8-5-3-2-4-6-8;2*1-3-4-2;1-2/h1-8H;2-6H,7H2,1H3;2*3H2,1-2H3;1-2H3. The maximum absolute atomic E-state index is 4.54. The molecular weight excluding hydrogens is 392 g/mol. The summed E-state index contributed by atoms with van der Waals surface area (Å²) in [5.74, 6) is 2.36. The molecule has 3 aromatic carbocycles. The molecule has 1 nitrogen and oxygen atoms in total. The molecule has 0 amide bonds. The van der Waals surface area contributed by atoms with E-state index in [0.717, 1.165) is 12.4 Å². The number of thioether (sulfide) groups is 2. The Morgan fingerprint density at radius 2 is 1.00 bits per heavy atom. The van der Waals surface area contributed by atoms with Crippen molar-refractivity contribution >= 4 is 34.3 Å². The van der Waals surface area contributed by atoms with Crippen molar-refractivity contribution in [1.29, 1.82) is 0 Å². The molecule has 0 spiro atoms. The normalized spacial score (nSPS) is 8.66. The predicted molar refractivity (Wildman–Crippen MR) is 141 cm³/mol. The second kappa shape index (κ2) is 24.6. The van der Waals surface area contributed by atoms with Gasteiger partial charge in [-0.15, -0.1) is 0 Å². The molecule has 29 heavy (non-hydrogen) atoms. The highest BCUT2D eigenvalue weighted by Gasteiger charge is 1.85. The molecule has 0 saturated carbocycles. The van der Waals surface area contributed by atoms with Crippen LogP contribution in [0.3, 0.4) is 0 Å². The number of ether oxygens (including phenoxy) is 1. The van der Waals surface area contributed by atoms with Gasteiger partial charge in [-0.2, -0.15) is 23.5 Å². The van der Waals surface area contributed by atoms with Gasteiger partial charge in [0.05, 0.1) is 0 Å². The van der Waals surface area contributed by atoms with Crippen LogP contribution in [-0.4, -0.2) is 32.0 Å². The number of methoxy groups -OCH3 is 1. The number of hydrogen-bond acceptors (Lipinski definition) is 3. The van der Waals surface area contributed by atoms with E-state index in [1.165, 1.54) is 22.1 Å². The van der Waals surface area contributed by atoms with Crippen LogP contribution in [0, 0.1) is 0 Å². The van der Waals surface area contributed by atoms with Crippen LogP contribution >= 0.6 is 23.5 Å². The van der Waals surface area contributed by atoms with Crippen LogP contribution in [0.15, 0.2) is 78.9 Å². The summed E-state index contributed by atoms with van der Waals surface area (Å²) in [5.41, 5.74) is 1.41. The van der Waals surface area contributed by atoms with E-state index in [-0.39, 0.29) is 0 Å². The van der Waals surface area contributed by atoms with Crippen LogP contribution in [0.2, 0.25) is 0 Å². The van der Waals surface area contributed by atoms with E-state index in [1.807, 2.05) is 50.4 Å². The van der Waals surface area contributed by atoms with Crippen molar-refractivity contribution in [3.05, 3.63) is 84.4 Å². The molecule has 0 atom stereocenters. The second-order valence-electron chi connectivity index (χ2n) is 5.42. The van der Waals surface area contributed by atoms with E-state index in [9.17, 15) is 0 Å². The molecule has 0 heterocycles. The fraction of sp³-hybridized carbons (Fsp3) is 0.385. The zero-order valence-corrected chi connectivity index (χ0v) is 21.0. The Labute approximate surface area is 188 Å². The average Bonchev–Trinajstić information content (AvgIpc) is 2.82. The van der Waals surface area contributed by atoms with Gasteiger partial charge in [0, 0.05) is 19.5 Å². The first-order chi connectivity index (χ1) is 14.2. The molecule has 0 aromatic heterocycles. The van der Waals surface area contributed by atoms with Crippen LogP contribution < -0.4 is 0 Å². The van der Waals surface area contributed by atoms with Gasteiger partial charge in [-0.3, -0.25) is 0 Å².